The van der Waals surface area contributed by atoms with Crippen molar-refractivity contribution >= 4 is 21.8 Å². The molecule has 2 rings (SSSR count). The fourth-order valence-electron chi connectivity index (χ4n) is 1.83. The number of rotatable bonds is 2. The van der Waals surface area contributed by atoms with E-state index in [4.69, 9.17) is 4.74 Å². The van der Waals surface area contributed by atoms with Crippen molar-refractivity contribution < 1.29 is 23.4 Å². The van der Waals surface area contributed by atoms with E-state index < -0.39 is 35.3 Å². The highest BCUT2D eigenvalue weighted by Gasteiger charge is 2.27. The van der Waals surface area contributed by atoms with Gasteiger partial charge in [-0.1, -0.05) is 0 Å². The number of hydrogen-bond donors (Lipinski definition) is 2. The van der Waals surface area contributed by atoms with E-state index in [9.17, 15) is 18.7 Å². The van der Waals surface area contributed by atoms with E-state index in [1.54, 1.807) is 0 Å². The molecule has 1 saturated heterocycles. The molecule has 104 valence electrons. The fourth-order valence-corrected chi connectivity index (χ4v) is 2.26. The number of ether oxygens (including phenoxy) is 1. The summed E-state index contributed by atoms with van der Waals surface area (Å²) in [7, 11) is 0. The molecule has 1 aromatic rings. The predicted molar refractivity (Wildman–Crippen MR) is 66.8 cm³/mol. The second-order valence-electron chi connectivity index (χ2n) is 4.26. The zero-order chi connectivity index (χ0) is 14.0. The van der Waals surface area contributed by atoms with Crippen LogP contribution >= 0.6 is 15.9 Å². The molecule has 4 nitrogen and oxygen atoms in total. The Hall–Kier alpha value is -1.05. The van der Waals surface area contributed by atoms with Crippen molar-refractivity contribution in [1.29, 1.82) is 0 Å². The van der Waals surface area contributed by atoms with Crippen LogP contribution in [0.25, 0.3) is 0 Å². The quantitative estimate of drug-likeness (QED) is 0.807. The second kappa shape index (κ2) is 5.94. The Labute approximate surface area is 116 Å². The summed E-state index contributed by atoms with van der Waals surface area (Å²) in [5.74, 6) is -2.35. The minimum absolute atomic E-state index is 0.127. The van der Waals surface area contributed by atoms with Gasteiger partial charge in [0.2, 0.25) is 0 Å². The number of nitrogens with one attached hydrogen (secondary N) is 1. The van der Waals surface area contributed by atoms with E-state index in [1.807, 2.05) is 0 Å². The number of carbonyl (C=O) groups is 1. The van der Waals surface area contributed by atoms with E-state index in [1.165, 1.54) is 0 Å². The molecule has 1 heterocycles. The molecule has 0 unspecified atom stereocenters. The van der Waals surface area contributed by atoms with Crippen molar-refractivity contribution in [1.82, 2.24) is 5.32 Å². The molecule has 2 atom stereocenters. The second-order valence-corrected chi connectivity index (χ2v) is 5.11. The molecule has 0 saturated carbocycles. The van der Waals surface area contributed by atoms with Gasteiger partial charge in [-0.05, 0) is 34.5 Å². The Bertz CT molecular complexity index is 498. The van der Waals surface area contributed by atoms with Gasteiger partial charge in [-0.3, -0.25) is 4.79 Å². The van der Waals surface area contributed by atoms with Gasteiger partial charge in [0.15, 0.2) is 0 Å². The molecule has 0 aliphatic carbocycles. The van der Waals surface area contributed by atoms with Crippen molar-refractivity contribution in [2.24, 2.45) is 0 Å². The number of carbonyl (C=O) groups excluding carboxylic acids is 1. The first kappa shape index (κ1) is 14.4. The maximum atomic E-state index is 13.7. The highest BCUT2D eigenvalue weighted by atomic mass is 79.9. The van der Waals surface area contributed by atoms with Crippen molar-refractivity contribution in [2.45, 2.75) is 18.6 Å². The third-order valence-electron chi connectivity index (χ3n) is 2.87. The molecule has 7 heteroatoms. The highest BCUT2D eigenvalue weighted by molar-refractivity contribution is 9.10. The zero-order valence-electron chi connectivity index (χ0n) is 9.83. The van der Waals surface area contributed by atoms with Crippen LogP contribution in [0.5, 0.6) is 0 Å². The van der Waals surface area contributed by atoms with E-state index in [0.717, 1.165) is 12.1 Å². The molecule has 1 fully saturated rings. The topological polar surface area (TPSA) is 58.6 Å². The van der Waals surface area contributed by atoms with E-state index in [0.29, 0.717) is 13.0 Å². The number of aliphatic hydroxyl groups is 1. The summed E-state index contributed by atoms with van der Waals surface area (Å²) in [6, 6.07) is 1.12. The van der Waals surface area contributed by atoms with Crippen LogP contribution in [0.3, 0.4) is 0 Å². The monoisotopic (exact) mass is 335 g/mol. The Balaban J connectivity index is 2.15. The van der Waals surface area contributed by atoms with E-state index >= 15 is 0 Å². The summed E-state index contributed by atoms with van der Waals surface area (Å²) in [5.41, 5.74) is -0.412. The highest BCUT2D eigenvalue weighted by Crippen LogP contribution is 2.21. The van der Waals surface area contributed by atoms with Gasteiger partial charge < -0.3 is 15.2 Å². The Morgan fingerprint density at radius 2 is 2.21 bits per heavy atom. The van der Waals surface area contributed by atoms with Gasteiger partial charge in [-0.25, -0.2) is 8.78 Å². The van der Waals surface area contributed by atoms with Crippen LogP contribution in [0.2, 0.25) is 0 Å². The molecular weight excluding hydrogens is 324 g/mol. The molecular formula is C12H12BrF2NO3. The normalized spacial score (nSPS) is 23.2. The lowest BCUT2D eigenvalue weighted by Gasteiger charge is -2.28. The van der Waals surface area contributed by atoms with E-state index in [-0.39, 0.29) is 11.1 Å². The molecule has 1 aliphatic heterocycles. The standard InChI is InChI=1S/C12H12BrF2NO3/c13-8-4-6(14)3-7(11(8)15)12(18)16-9-5-19-2-1-10(9)17/h3-4,9-10,17H,1-2,5H2,(H,16,18)/t9-,10-/m1/s1. The average molecular weight is 336 g/mol. The minimum Gasteiger partial charge on any atom is -0.391 e. The molecule has 0 aromatic heterocycles. The molecule has 0 bridgehead atoms. The third kappa shape index (κ3) is 3.29. The molecule has 0 spiro atoms. The SMILES string of the molecule is O=C(N[C@@H]1COCC[C@H]1O)c1cc(F)cc(Br)c1F. The molecule has 0 radical (unpaired) electrons. The Morgan fingerprint density at radius 1 is 1.47 bits per heavy atom. The summed E-state index contributed by atoms with van der Waals surface area (Å²) in [5, 5.41) is 12.1. The van der Waals surface area contributed by atoms with Gasteiger partial charge >= 0.3 is 0 Å². The van der Waals surface area contributed by atoms with Crippen molar-refractivity contribution in [2.75, 3.05) is 13.2 Å². The largest absolute Gasteiger partial charge is 0.391 e. The summed E-state index contributed by atoms with van der Waals surface area (Å²) >= 11 is 2.83. The maximum absolute atomic E-state index is 13.7. The molecule has 2 N–H and O–H groups in total. The van der Waals surface area contributed by atoms with Crippen LogP contribution < -0.4 is 5.32 Å². The lowest BCUT2D eigenvalue weighted by Crippen LogP contribution is -2.49. The maximum Gasteiger partial charge on any atom is 0.254 e. The van der Waals surface area contributed by atoms with Gasteiger partial charge in [0, 0.05) is 6.61 Å². The number of halogens is 3. The number of amides is 1. The van der Waals surface area contributed by atoms with Crippen LogP contribution in [-0.4, -0.2) is 36.4 Å². The third-order valence-corrected chi connectivity index (χ3v) is 3.45. The van der Waals surface area contributed by atoms with Gasteiger partial charge in [0.25, 0.3) is 5.91 Å². The van der Waals surface area contributed by atoms with Crippen molar-refractivity contribution in [3.05, 3.63) is 33.8 Å². The average Bonchev–Trinajstić information content (AvgIpc) is 2.36. The summed E-state index contributed by atoms with van der Waals surface area (Å²) in [4.78, 5) is 11.9. The smallest absolute Gasteiger partial charge is 0.254 e. The van der Waals surface area contributed by atoms with Crippen LogP contribution in [0.4, 0.5) is 8.78 Å². The van der Waals surface area contributed by atoms with Crippen LogP contribution in [0.1, 0.15) is 16.8 Å². The van der Waals surface area contributed by atoms with Gasteiger partial charge in [0.05, 0.1) is 28.8 Å². The van der Waals surface area contributed by atoms with Crippen molar-refractivity contribution in [3.63, 3.8) is 0 Å². The van der Waals surface area contributed by atoms with Crippen LogP contribution in [0, 0.1) is 11.6 Å². The summed E-state index contributed by atoms with van der Waals surface area (Å²) in [6.07, 6.45) is -0.363. The molecule has 1 amide bonds. The Morgan fingerprint density at radius 3 is 2.89 bits per heavy atom. The van der Waals surface area contributed by atoms with E-state index in [2.05, 4.69) is 21.2 Å². The minimum atomic E-state index is -0.842. The first-order valence-electron chi connectivity index (χ1n) is 5.70. The Kier molecular flexibility index (Phi) is 4.49. The fraction of sp³-hybridized carbons (Fsp3) is 0.417. The summed E-state index contributed by atoms with van der Waals surface area (Å²) in [6.45, 7) is 0.554. The molecule has 1 aromatic carbocycles. The van der Waals surface area contributed by atoms with Gasteiger partial charge in [-0.2, -0.15) is 0 Å². The number of hydrogen-bond acceptors (Lipinski definition) is 3. The van der Waals surface area contributed by atoms with Crippen LogP contribution in [0.15, 0.2) is 16.6 Å². The first-order valence-corrected chi connectivity index (χ1v) is 6.49. The number of aliphatic hydroxyl groups excluding tert-OH is 1. The zero-order valence-corrected chi connectivity index (χ0v) is 11.4. The van der Waals surface area contributed by atoms with Crippen LogP contribution in [-0.2, 0) is 4.74 Å². The van der Waals surface area contributed by atoms with Crippen molar-refractivity contribution in [3.8, 4) is 0 Å². The first-order chi connectivity index (χ1) is 8.99. The summed E-state index contributed by atoms with van der Waals surface area (Å²) < 4.78 is 31.9. The predicted octanol–water partition coefficient (Wildman–Crippen LogP) is 1.61. The lowest BCUT2D eigenvalue weighted by atomic mass is 10.1. The van der Waals surface area contributed by atoms with Gasteiger partial charge in [0.1, 0.15) is 11.6 Å². The number of benzene rings is 1. The van der Waals surface area contributed by atoms with Gasteiger partial charge in [-0.15, -0.1) is 0 Å². The molecule has 1 aliphatic rings. The lowest BCUT2D eigenvalue weighted by molar-refractivity contribution is -0.0140. The molecule has 19 heavy (non-hydrogen) atoms.